The number of carboxylic acids is 1. The van der Waals surface area contributed by atoms with Crippen molar-refractivity contribution in [3.63, 3.8) is 0 Å². The molecule has 0 aliphatic heterocycles. The van der Waals surface area contributed by atoms with E-state index in [-0.39, 0.29) is 0 Å². The summed E-state index contributed by atoms with van der Waals surface area (Å²) in [6, 6.07) is -1.68. The lowest BCUT2D eigenvalue weighted by atomic mass is 10.2. The molecule has 0 spiro atoms. The molecule has 12 heteroatoms. The van der Waals surface area contributed by atoms with Crippen LogP contribution >= 0.6 is 0 Å². The van der Waals surface area contributed by atoms with Gasteiger partial charge >= 0.3 is 22.3 Å². The van der Waals surface area contributed by atoms with Crippen LogP contribution in [0.15, 0.2) is 0 Å². The summed E-state index contributed by atoms with van der Waals surface area (Å²) in [6.07, 6.45) is -0.900. The van der Waals surface area contributed by atoms with Crippen LogP contribution in [0.5, 0.6) is 0 Å². The van der Waals surface area contributed by atoms with Gasteiger partial charge in [-0.3, -0.25) is 4.79 Å². The second-order valence-corrected chi connectivity index (χ2v) is 7.23. The molecule has 112 valence electrons. The van der Waals surface area contributed by atoms with Crippen LogP contribution in [0.3, 0.4) is 0 Å². The summed E-state index contributed by atoms with van der Waals surface area (Å²) in [5.74, 6) is -2.09. The Morgan fingerprint density at radius 1 is 1.26 bits per heavy atom. The minimum absolute atomic E-state index is 0.476. The van der Waals surface area contributed by atoms with E-state index in [9.17, 15) is 26.4 Å². The summed E-state index contributed by atoms with van der Waals surface area (Å²) in [7, 11) is -6.98. The summed E-state index contributed by atoms with van der Waals surface area (Å²) in [5, 5.41) is 8.76. The van der Waals surface area contributed by atoms with E-state index in [2.05, 4.69) is 4.74 Å². The van der Waals surface area contributed by atoms with Gasteiger partial charge in [-0.1, -0.05) is 0 Å². The fourth-order valence-electron chi connectivity index (χ4n) is 0.933. The number of sulfone groups is 1. The van der Waals surface area contributed by atoms with Gasteiger partial charge in [-0.25, -0.2) is 17.9 Å². The first kappa shape index (κ1) is 17.6. The Bertz CT molecular complexity index is 537. The fraction of sp³-hybridized carbons (Fsp3) is 0.714. The lowest BCUT2D eigenvalue weighted by molar-refractivity contribution is -0.139. The van der Waals surface area contributed by atoms with Crippen molar-refractivity contribution in [3.05, 3.63) is 0 Å². The zero-order valence-electron chi connectivity index (χ0n) is 10.1. The maximum absolute atomic E-state index is 11.3. The van der Waals surface area contributed by atoms with Crippen molar-refractivity contribution in [3.8, 4) is 0 Å². The number of rotatable bonds is 7. The van der Waals surface area contributed by atoms with E-state index in [0.717, 1.165) is 13.4 Å². The minimum atomic E-state index is -4.46. The van der Waals surface area contributed by atoms with Crippen LogP contribution in [-0.4, -0.2) is 59.2 Å². The Morgan fingerprint density at radius 2 is 1.79 bits per heavy atom. The molecule has 0 bridgehead atoms. The van der Waals surface area contributed by atoms with Crippen LogP contribution in [0.1, 0.15) is 6.42 Å². The highest BCUT2D eigenvalue weighted by Crippen LogP contribution is 1.99. The fourth-order valence-corrected chi connectivity index (χ4v) is 2.55. The Labute approximate surface area is 110 Å². The van der Waals surface area contributed by atoms with E-state index >= 15 is 0 Å². The molecule has 1 amide bonds. The standard InChI is InChI=1S/C7H14N2O8S2/c1-17-7(12)9-19(15,16)8-5(6(10)11)3-4-18(2,13)14/h5,8H,3-4H2,1-2H3,(H,9,12)(H,10,11). The van der Waals surface area contributed by atoms with E-state index in [1.54, 1.807) is 4.72 Å². The second-order valence-electron chi connectivity index (χ2n) is 3.52. The topological polar surface area (TPSA) is 156 Å². The largest absolute Gasteiger partial charge is 0.480 e. The molecule has 0 radical (unpaired) electrons. The van der Waals surface area contributed by atoms with Crippen LogP contribution in [0.4, 0.5) is 4.79 Å². The average molecular weight is 318 g/mol. The van der Waals surface area contributed by atoms with E-state index < -0.39 is 50.3 Å². The summed E-state index contributed by atoms with van der Waals surface area (Å²) in [4.78, 5) is 21.5. The molecule has 0 aromatic carbocycles. The smallest absolute Gasteiger partial charge is 0.421 e. The molecule has 1 atom stereocenters. The van der Waals surface area contributed by atoms with E-state index in [4.69, 9.17) is 5.11 Å². The van der Waals surface area contributed by atoms with E-state index in [0.29, 0.717) is 0 Å². The van der Waals surface area contributed by atoms with Gasteiger partial charge in [0, 0.05) is 6.26 Å². The van der Waals surface area contributed by atoms with Gasteiger partial charge in [0.1, 0.15) is 15.9 Å². The number of carbonyl (C=O) groups is 2. The molecule has 0 rings (SSSR count). The monoisotopic (exact) mass is 318 g/mol. The highest BCUT2D eigenvalue weighted by atomic mass is 32.2. The molecule has 0 aliphatic rings. The number of hydrogen-bond donors (Lipinski definition) is 3. The summed E-state index contributed by atoms with van der Waals surface area (Å²) in [6.45, 7) is 0. The van der Waals surface area contributed by atoms with Crippen LogP contribution in [0.2, 0.25) is 0 Å². The van der Waals surface area contributed by atoms with Gasteiger partial charge < -0.3 is 9.84 Å². The molecule has 1 unspecified atom stereocenters. The first-order valence-electron chi connectivity index (χ1n) is 4.75. The zero-order chi connectivity index (χ0) is 15.3. The second kappa shape index (κ2) is 6.68. The Morgan fingerprint density at radius 3 is 2.16 bits per heavy atom. The number of carboxylic acid groups (broad SMARTS) is 1. The zero-order valence-corrected chi connectivity index (χ0v) is 11.7. The molecule has 0 saturated carbocycles. The van der Waals surface area contributed by atoms with Gasteiger partial charge in [-0.05, 0) is 6.42 Å². The molecule has 3 N–H and O–H groups in total. The molecule has 0 saturated heterocycles. The molecular formula is C7H14N2O8S2. The molecule has 10 nitrogen and oxygen atoms in total. The normalized spacial score (nSPS) is 13.6. The maximum Gasteiger partial charge on any atom is 0.421 e. The van der Waals surface area contributed by atoms with E-state index in [1.165, 1.54) is 4.72 Å². The minimum Gasteiger partial charge on any atom is -0.480 e. The highest BCUT2D eigenvalue weighted by molar-refractivity contribution is 7.90. The predicted molar refractivity (Wildman–Crippen MR) is 63.3 cm³/mol. The molecule has 0 aromatic heterocycles. The van der Waals surface area contributed by atoms with Crippen molar-refractivity contribution >= 4 is 32.1 Å². The number of nitrogens with one attached hydrogen (secondary N) is 2. The third-order valence-electron chi connectivity index (χ3n) is 1.78. The number of ether oxygens (including phenoxy) is 1. The number of aliphatic carboxylic acids is 1. The number of hydrogen-bond acceptors (Lipinski definition) is 7. The van der Waals surface area contributed by atoms with Gasteiger partial charge in [-0.15, -0.1) is 0 Å². The Kier molecular flexibility index (Phi) is 6.18. The van der Waals surface area contributed by atoms with Crippen LogP contribution in [0, 0.1) is 0 Å². The third-order valence-corrected chi connectivity index (χ3v) is 3.78. The Balaban J connectivity index is 4.76. The summed E-state index contributed by atoms with van der Waals surface area (Å²) >= 11 is 0. The molecule has 0 heterocycles. The van der Waals surface area contributed by atoms with Crippen LogP contribution in [0.25, 0.3) is 0 Å². The maximum atomic E-state index is 11.3. The molecular weight excluding hydrogens is 304 g/mol. The van der Waals surface area contributed by atoms with Crippen LogP contribution < -0.4 is 9.44 Å². The third kappa shape index (κ3) is 8.34. The van der Waals surface area contributed by atoms with Crippen molar-refractivity contribution < 1.29 is 36.3 Å². The predicted octanol–water partition coefficient (Wildman–Crippen LogP) is -1.94. The van der Waals surface area contributed by atoms with Crippen molar-refractivity contribution in [2.24, 2.45) is 0 Å². The molecule has 0 aliphatic carbocycles. The van der Waals surface area contributed by atoms with Gasteiger partial charge in [0.05, 0.1) is 12.9 Å². The Hall–Kier alpha value is -1.40. The van der Waals surface area contributed by atoms with Crippen molar-refractivity contribution in [2.75, 3.05) is 19.1 Å². The first-order valence-corrected chi connectivity index (χ1v) is 8.30. The average Bonchev–Trinajstić information content (AvgIpc) is 2.21. The lowest BCUT2D eigenvalue weighted by Gasteiger charge is -2.14. The van der Waals surface area contributed by atoms with Gasteiger partial charge in [0.15, 0.2) is 0 Å². The van der Waals surface area contributed by atoms with E-state index in [1.807, 2.05) is 0 Å². The van der Waals surface area contributed by atoms with Gasteiger partial charge in [-0.2, -0.15) is 13.1 Å². The summed E-state index contributed by atoms with van der Waals surface area (Å²) < 4.78 is 51.4. The lowest BCUT2D eigenvalue weighted by Crippen LogP contribution is -2.48. The van der Waals surface area contributed by atoms with Gasteiger partial charge in [0.2, 0.25) is 0 Å². The van der Waals surface area contributed by atoms with Crippen LogP contribution in [-0.2, 0) is 29.6 Å². The quantitative estimate of drug-likeness (QED) is 0.489. The van der Waals surface area contributed by atoms with Gasteiger partial charge in [0.25, 0.3) is 0 Å². The summed E-state index contributed by atoms with van der Waals surface area (Å²) in [5.41, 5.74) is 0. The molecule has 0 fully saturated rings. The SMILES string of the molecule is COC(=O)NS(=O)(=O)NC(CCS(C)(=O)=O)C(=O)O. The van der Waals surface area contributed by atoms with Crippen molar-refractivity contribution in [2.45, 2.75) is 12.5 Å². The van der Waals surface area contributed by atoms with Crippen molar-refractivity contribution in [1.29, 1.82) is 0 Å². The number of amides is 1. The number of carbonyl (C=O) groups excluding carboxylic acids is 1. The first-order chi connectivity index (χ1) is 8.47. The van der Waals surface area contributed by atoms with Crippen molar-refractivity contribution in [1.82, 2.24) is 9.44 Å². The molecule has 19 heavy (non-hydrogen) atoms. The highest BCUT2D eigenvalue weighted by Gasteiger charge is 2.26. The number of methoxy groups -OCH3 is 1. The molecule has 0 aromatic rings.